The Kier molecular flexibility index (Phi) is 3.14. The molecular formula is C7H7F2NO3S. The summed E-state index contributed by atoms with van der Waals surface area (Å²) in [5, 5.41) is 8.16. The molecule has 0 saturated carbocycles. The molecule has 14 heavy (non-hydrogen) atoms. The van der Waals surface area contributed by atoms with Gasteiger partial charge in [-0.1, -0.05) is 4.89 Å². The minimum Gasteiger partial charge on any atom is -0.302 e. The summed E-state index contributed by atoms with van der Waals surface area (Å²) in [4.78, 5) is 1.02. The first-order chi connectivity index (χ1) is 6.44. The molecular weight excluding hydrogens is 216 g/mol. The van der Waals surface area contributed by atoms with Crippen LogP contribution in [0, 0.1) is 11.6 Å². The third kappa shape index (κ3) is 2.72. The van der Waals surface area contributed by atoms with Gasteiger partial charge in [0, 0.05) is 5.56 Å². The zero-order chi connectivity index (χ0) is 10.8. The number of halogens is 2. The topological polar surface area (TPSA) is 66.4 Å². The van der Waals surface area contributed by atoms with Crippen molar-refractivity contribution >= 4 is 10.0 Å². The lowest BCUT2D eigenvalue weighted by Crippen LogP contribution is -2.21. The number of nitrogens with one attached hydrogen (secondary N) is 1. The number of hydrogen-bond donors (Lipinski definition) is 2. The molecule has 0 bridgehead atoms. The highest BCUT2D eigenvalue weighted by Crippen LogP contribution is 2.12. The predicted octanol–water partition coefficient (Wildman–Crippen LogP) is 0.773. The van der Waals surface area contributed by atoms with E-state index in [9.17, 15) is 17.2 Å². The summed E-state index contributed by atoms with van der Waals surface area (Å²) in [6, 6.07) is 2.44. The van der Waals surface area contributed by atoms with Crippen LogP contribution < -0.4 is 4.89 Å². The highest BCUT2D eigenvalue weighted by Gasteiger charge is 2.13. The third-order valence-corrected chi connectivity index (χ3v) is 2.46. The van der Waals surface area contributed by atoms with Gasteiger partial charge in [-0.3, -0.25) is 0 Å². The van der Waals surface area contributed by atoms with Crippen LogP contribution in [-0.2, 0) is 15.8 Å². The molecule has 7 heteroatoms. The zero-order valence-corrected chi connectivity index (χ0v) is 7.68. The van der Waals surface area contributed by atoms with Gasteiger partial charge in [0.05, 0.1) is 5.75 Å². The van der Waals surface area contributed by atoms with Crippen LogP contribution in [0.1, 0.15) is 5.56 Å². The SMILES string of the molecule is O=S(=O)(Cc1cc(F)ccc1F)NO. The van der Waals surface area contributed by atoms with Gasteiger partial charge in [-0.25, -0.2) is 17.2 Å². The summed E-state index contributed by atoms with van der Waals surface area (Å²) in [6.07, 6.45) is 0. The van der Waals surface area contributed by atoms with Crippen molar-refractivity contribution in [2.45, 2.75) is 5.75 Å². The Morgan fingerprint density at radius 2 is 2.00 bits per heavy atom. The van der Waals surface area contributed by atoms with Crippen molar-refractivity contribution in [2.24, 2.45) is 0 Å². The van der Waals surface area contributed by atoms with Crippen molar-refractivity contribution in [1.29, 1.82) is 0 Å². The maximum atomic E-state index is 12.9. The fourth-order valence-electron chi connectivity index (χ4n) is 0.891. The Labute approximate surface area is 79.2 Å². The first-order valence-corrected chi connectivity index (χ1v) is 5.17. The van der Waals surface area contributed by atoms with Crippen molar-refractivity contribution in [3.05, 3.63) is 35.4 Å². The molecule has 0 radical (unpaired) electrons. The van der Waals surface area contributed by atoms with E-state index in [1.807, 2.05) is 0 Å². The standard InChI is InChI=1S/C7H7F2NO3S/c8-6-1-2-7(9)5(3-6)4-14(12,13)10-11/h1-3,10-11H,4H2. The zero-order valence-electron chi connectivity index (χ0n) is 6.87. The van der Waals surface area contributed by atoms with Crippen molar-refractivity contribution < 1.29 is 22.4 Å². The molecule has 0 amide bonds. The van der Waals surface area contributed by atoms with Crippen molar-refractivity contribution in [2.75, 3.05) is 0 Å². The second-order valence-corrected chi connectivity index (χ2v) is 4.29. The van der Waals surface area contributed by atoms with Crippen LogP contribution in [0.4, 0.5) is 8.78 Å². The van der Waals surface area contributed by atoms with Gasteiger partial charge in [-0.2, -0.15) is 0 Å². The number of sulfonamides is 1. The Morgan fingerprint density at radius 1 is 1.36 bits per heavy atom. The molecule has 1 aromatic carbocycles. The molecule has 0 aliphatic heterocycles. The highest BCUT2D eigenvalue weighted by atomic mass is 32.2. The first-order valence-electron chi connectivity index (χ1n) is 3.52. The summed E-state index contributed by atoms with van der Waals surface area (Å²) in [7, 11) is -4.01. The molecule has 0 fully saturated rings. The predicted molar refractivity (Wildman–Crippen MR) is 43.9 cm³/mol. The van der Waals surface area contributed by atoms with Gasteiger partial charge in [0.2, 0.25) is 10.0 Å². The van der Waals surface area contributed by atoms with Crippen molar-refractivity contribution in [3.63, 3.8) is 0 Å². The van der Waals surface area contributed by atoms with E-state index < -0.39 is 27.4 Å². The molecule has 0 unspecified atom stereocenters. The van der Waals surface area contributed by atoms with E-state index in [0.717, 1.165) is 23.1 Å². The Balaban J connectivity index is 3.03. The number of hydrogen-bond acceptors (Lipinski definition) is 3. The monoisotopic (exact) mass is 223 g/mol. The fraction of sp³-hybridized carbons (Fsp3) is 0.143. The number of benzene rings is 1. The third-order valence-electron chi connectivity index (χ3n) is 1.49. The summed E-state index contributed by atoms with van der Waals surface area (Å²) >= 11 is 0. The molecule has 0 spiro atoms. The van der Waals surface area contributed by atoms with E-state index in [1.165, 1.54) is 0 Å². The van der Waals surface area contributed by atoms with Crippen molar-refractivity contribution in [1.82, 2.24) is 4.89 Å². The lowest BCUT2D eigenvalue weighted by Gasteiger charge is -2.02. The molecule has 0 aliphatic carbocycles. The summed E-state index contributed by atoms with van der Waals surface area (Å²) in [5.74, 6) is -2.40. The van der Waals surface area contributed by atoms with E-state index in [0.29, 0.717) is 0 Å². The number of rotatable bonds is 3. The summed E-state index contributed by atoms with van der Waals surface area (Å²) in [5.41, 5.74) is -0.341. The maximum Gasteiger partial charge on any atom is 0.237 e. The minimum atomic E-state index is -4.01. The highest BCUT2D eigenvalue weighted by molar-refractivity contribution is 7.88. The quantitative estimate of drug-likeness (QED) is 0.744. The van der Waals surface area contributed by atoms with Crippen LogP contribution >= 0.6 is 0 Å². The summed E-state index contributed by atoms with van der Waals surface area (Å²) in [6.45, 7) is 0. The molecule has 0 atom stereocenters. The molecule has 1 rings (SSSR count). The molecule has 2 N–H and O–H groups in total. The van der Waals surface area contributed by atoms with Crippen molar-refractivity contribution in [3.8, 4) is 0 Å². The molecule has 0 aromatic heterocycles. The average Bonchev–Trinajstić information content (AvgIpc) is 2.11. The smallest absolute Gasteiger partial charge is 0.237 e. The van der Waals surface area contributed by atoms with Crippen LogP contribution in [0.15, 0.2) is 18.2 Å². The van der Waals surface area contributed by atoms with Gasteiger partial charge < -0.3 is 5.21 Å². The van der Waals surface area contributed by atoms with Gasteiger partial charge in [0.25, 0.3) is 0 Å². The largest absolute Gasteiger partial charge is 0.302 e. The van der Waals surface area contributed by atoms with Crippen LogP contribution in [0.5, 0.6) is 0 Å². The summed E-state index contributed by atoms with van der Waals surface area (Å²) < 4.78 is 47.0. The van der Waals surface area contributed by atoms with Crippen LogP contribution in [0.25, 0.3) is 0 Å². The van der Waals surface area contributed by atoms with E-state index in [2.05, 4.69) is 0 Å². The second-order valence-electron chi connectivity index (χ2n) is 2.59. The van der Waals surface area contributed by atoms with Gasteiger partial charge >= 0.3 is 0 Å². The lowest BCUT2D eigenvalue weighted by atomic mass is 10.2. The van der Waals surface area contributed by atoms with Gasteiger partial charge in [0.1, 0.15) is 11.6 Å². The van der Waals surface area contributed by atoms with Gasteiger partial charge in [-0.05, 0) is 18.2 Å². The average molecular weight is 223 g/mol. The molecule has 0 aliphatic rings. The van der Waals surface area contributed by atoms with Crippen LogP contribution in [0.2, 0.25) is 0 Å². The van der Waals surface area contributed by atoms with Gasteiger partial charge in [0.15, 0.2) is 0 Å². The van der Waals surface area contributed by atoms with Crippen LogP contribution in [0.3, 0.4) is 0 Å². The van der Waals surface area contributed by atoms with E-state index in [-0.39, 0.29) is 5.56 Å². The lowest BCUT2D eigenvalue weighted by molar-refractivity contribution is 0.242. The maximum absolute atomic E-state index is 12.9. The molecule has 0 saturated heterocycles. The van der Waals surface area contributed by atoms with Gasteiger partial charge in [-0.15, -0.1) is 0 Å². The minimum absolute atomic E-state index is 0.341. The molecule has 1 aromatic rings. The molecule has 0 heterocycles. The Bertz CT molecular complexity index is 433. The fourth-order valence-corrected chi connectivity index (χ4v) is 1.59. The first kappa shape index (κ1) is 11.0. The van der Waals surface area contributed by atoms with E-state index >= 15 is 0 Å². The van der Waals surface area contributed by atoms with E-state index in [1.54, 1.807) is 0 Å². The van der Waals surface area contributed by atoms with Crippen LogP contribution in [-0.4, -0.2) is 13.6 Å². The Morgan fingerprint density at radius 3 is 2.57 bits per heavy atom. The Hall–Kier alpha value is -1.05. The normalized spacial score (nSPS) is 11.6. The second kappa shape index (κ2) is 3.99. The molecule has 78 valence electrons. The molecule has 4 nitrogen and oxygen atoms in total. The van der Waals surface area contributed by atoms with E-state index in [4.69, 9.17) is 5.21 Å².